The molecule has 1 saturated heterocycles. The SMILES string of the molecule is O=C(NCCC1CCN(Cc2ccccc2)CC1)c1noc(-c2ccc(C(F)(F)F)cc2)n1. The standard InChI is InChI=1S/C24H25F3N4O2/c25-24(26,27)20-8-6-19(7-9-20)23-29-21(30-33-23)22(32)28-13-10-17-11-14-31(15-12-17)16-18-4-2-1-3-5-18/h1-9,17H,10-16H2,(H,28,32). The van der Waals surface area contributed by atoms with Gasteiger partial charge in [-0.25, -0.2) is 0 Å². The minimum atomic E-state index is -4.42. The smallest absolute Gasteiger partial charge is 0.349 e. The number of aromatic nitrogens is 2. The predicted octanol–water partition coefficient (Wildman–Crippen LogP) is 4.79. The lowest BCUT2D eigenvalue weighted by Gasteiger charge is -2.32. The summed E-state index contributed by atoms with van der Waals surface area (Å²) in [6.07, 6.45) is -1.38. The summed E-state index contributed by atoms with van der Waals surface area (Å²) in [6, 6.07) is 14.8. The van der Waals surface area contributed by atoms with Crippen molar-refractivity contribution in [3.63, 3.8) is 0 Å². The molecule has 0 spiro atoms. The van der Waals surface area contributed by atoms with Gasteiger partial charge in [-0.05, 0) is 68.1 Å². The number of amides is 1. The van der Waals surface area contributed by atoms with E-state index in [0.717, 1.165) is 51.0 Å². The van der Waals surface area contributed by atoms with Crippen molar-refractivity contribution in [1.82, 2.24) is 20.4 Å². The van der Waals surface area contributed by atoms with E-state index in [1.54, 1.807) is 0 Å². The third-order valence-corrected chi connectivity index (χ3v) is 5.88. The molecule has 0 radical (unpaired) electrons. The van der Waals surface area contributed by atoms with E-state index in [1.165, 1.54) is 17.7 Å². The van der Waals surface area contributed by atoms with Gasteiger partial charge >= 0.3 is 6.18 Å². The van der Waals surface area contributed by atoms with Crippen LogP contribution in [0.2, 0.25) is 0 Å². The van der Waals surface area contributed by atoms with E-state index in [0.29, 0.717) is 18.0 Å². The number of carbonyl (C=O) groups excluding carboxylic acids is 1. The second-order valence-electron chi connectivity index (χ2n) is 8.25. The van der Waals surface area contributed by atoms with Crippen LogP contribution in [0, 0.1) is 5.92 Å². The summed E-state index contributed by atoms with van der Waals surface area (Å²) < 4.78 is 43.1. The van der Waals surface area contributed by atoms with Crippen molar-refractivity contribution in [3.8, 4) is 11.5 Å². The maximum atomic E-state index is 12.7. The van der Waals surface area contributed by atoms with E-state index in [1.807, 2.05) is 6.07 Å². The first-order valence-electron chi connectivity index (χ1n) is 10.9. The lowest BCUT2D eigenvalue weighted by molar-refractivity contribution is -0.137. The van der Waals surface area contributed by atoms with Gasteiger partial charge in [-0.3, -0.25) is 9.69 Å². The molecule has 1 amide bonds. The topological polar surface area (TPSA) is 71.3 Å². The normalized spacial score (nSPS) is 15.5. The summed E-state index contributed by atoms with van der Waals surface area (Å²) >= 11 is 0. The van der Waals surface area contributed by atoms with Crippen LogP contribution >= 0.6 is 0 Å². The van der Waals surface area contributed by atoms with Crippen LogP contribution in [0.15, 0.2) is 59.1 Å². The highest BCUT2D eigenvalue weighted by molar-refractivity contribution is 5.90. The highest BCUT2D eigenvalue weighted by Crippen LogP contribution is 2.30. The Hall–Kier alpha value is -3.20. The van der Waals surface area contributed by atoms with Crippen molar-refractivity contribution in [3.05, 3.63) is 71.5 Å². The molecule has 0 unspecified atom stereocenters. The quantitative estimate of drug-likeness (QED) is 0.551. The van der Waals surface area contributed by atoms with Crippen LogP contribution in [0.4, 0.5) is 13.2 Å². The summed E-state index contributed by atoms with van der Waals surface area (Å²) in [5, 5.41) is 6.46. The molecule has 0 saturated carbocycles. The molecule has 9 heteroatoms. The number of hydrogen-bond donors (Lipinski definition) is 1. The van der Waals surface area contributed by atoms with Gasteiger partial charge in [0.1, 0.15) is 0 Å². The van der Waals surface area contributed by atoms with Crippen molar-refractivity contribution in [2.75, 3.05) is 19.6 Å². The Labute approximate surface area is 189 Å². The summed E-state index contributed by atoms with van der Waals surface area (Å²) in [4.78, 5) is 18.8. The molecule has 2 heterocycles. The minimum Gasteiger partial charge on any atom is -0.349 e. The molecule has 2 aromatic carbocycles. The van der Waals surface area contributed by atoms with Crippen LogP contribution < -0.4 is 5.32 Å². The molecule has 1 aromatic heterocycles. The fourth-order valence-corrected chi connectivity index (χ4v) is 3.98. The zero-order valence-corrected chi connectivity index (χ0v) is 18.0. The number of likely N-dealkylation sites (tertiary alicyclic amines) is 1. The first-order chi connectivity index (χ1) is 15.9. The van der Waals surface area contributed by atoms with E-state index < -0.39 is 17.6 Å². The van der Waals surface area contributed by atoms with Crippen LogP contribution in [0.3, 0.4) is 0 Å². The van der Waals surface area contributed by atoms with Crippen molar-refractivity contribution in [1.29, 1.82) is 0 Å². The van der Waals surface area contributed by atoms with Gasteiger partial charge in [0, 0.05) is 18.7 Å². The lowest BCUT2D eigenvalue weighted by Crippen LogP contribution is -2.35. The first kappa shape index (κ1) is 23.0. The molecule has 1 aliphatic rings. The number of nitrogens with zero attached hydrogens (tertiary/aromatic N) is 3. The molecule has 1 aliphatic heterocycles. The maximum Gasteiger partial charge on any atom is 0.416 e. The Morgan fingerprint density at radius 3 is 2.42 bits per heavy atom. The number of benzene rings is 2. The van der Waals surface area contributed by atoms with Gasteiger partial charge in [0.15, 0.2) is 0 Å². The highest BCUT2D eigenvalue weighted by Gasteiger charge is 2.30. The molecule has 0 atom stereocenters. The Morgan fingerprint density at radius 2 is 1.76 bits per heavy atom. The van der Waals surface area contributed by atoms with Gasteiger partial charge in [-0.1, -0.05) is 35.5 Å². The van der Waals surface area contributed by atoms with Gasteiger partial charge in [0.25, 0.3) is 17.6 Å². The zero-order chi connectivity index (χ0) is 23.3. The number of carbonyl (C=O) groups is 1. The molecule has 1 N–H and O–H groups in total. The van der Waals surface area contributed by atoms with Gasteiger partial charge in [-0.2, -0.15) is 18.2 Å². The van der Waals surface area contributed by atoms with Crippen molar-refractivity contribution in [2.45, 2.75) is 32.0 Å². The molecule has 33 heavy (non-hydrogen) atoms. The monoisotopic (exact) mass is 458 g/mol. The van der Waals surface area contributed by atoms with Gasteiger partial charge in [0.05, 0.1) is 5.56 Å². The highest BCUT2D eigenvalue weighted by atomic mass is 19.4. The number of halogens is 3. The molecule has 4 rings (SSSR count). The molecule has 174 valence electrons. The Kier molecular flexibility index (Phi) is 7.08. The second-order valence-corrected chi connectivity index (χ2v) is 8.25. The van der Waals surface area contributed by atoms with Gasteiger partial charge in [0.2, 0.25) is 0 Å². The third-order valence-electron chi connectivity index (χ3n) is 5.88. The molecule has 0 aliphatic carbocycles. The third kappa shape index (κ3) is 6.19. The number of hydrogen-bond acceptors (Lipinski definition) is 5. The number of piperidine rings is 1. The van der Waals surface area contributed by atoms with E-state index in [2.05, 4.69) is 44.6 Å². The number of alkyl halides is 3. The van der Waals surface area contributed by atoms with Crippen molar-refractivity contribution < 1.29 is 22.5 Å². The van der Waals surface area contributed by atoms with Gasteiger partial charge < -0.3 is 9.84 Å². The lowest BCUT2D eigenvalue weighted by atomic mass is 9.93. The Bertz CT molecular complexity index is 1040. The van der Waals surface area contributed by atoms with Gasteiger partial charge in [-0.15, -0.1) is 0 Å². The maximum absolute atomic E-state index is 12.7. The van der Waals surface area contributed by atoms with Crippen molar-refractivity contribution >= 4 is 5.91 Å². The van der Waals surface area contributed by atoms with E-state index in [4.69, 9.17) is 4.52 Å². The summed E-state index contributed by atoms with van der Waals surface area (Å²) in [6.45, 7) is 3.54. The van der Waals surface area contributed by atoms with Crippen LogP contribution in [-0.4, -0.2) is 40.6 Å². The zero-order valence-electron chi connectivity index (χ0n) is 18.0. The molecular weight excluding hydrogens is 433 g/mol. The fraction of sp³-hybridized carbons (Fsp3) is 0.375. The molecule has 3 aromatic rings. The number of rotatable bonds is 7. The summed E-state index contributed by atoms with van der Waals surface area (Å²) in [5.74, 6) is -0.0500. The number of nitrogens with one attached hydrogen (secondary N) is 1. The van der Waals surface area contributed by atoms with Crippen LogP contribution in [-0.2, 0) is 12.7 Å². The van der Waals surface area contributed by atoms with Crippen LogP contribution in [0.25, 0.3) is 11.5 Å². The van der Waals surface area contributed by atoms with E-state index >= 15 is 0 Å². The molecule has 6 nitrogen and oxygen atoms in total. The van der Waals surface area contributed by atoms with E-state index in [9.17, 15) is 18.0 Å². The molecular formula is C24H25F3N4O2. The second kappa shape index (κ2) is 10.2. The summed E-state index contributed by atoms with van der Waals surface area (Å²) in [5.41, 5.74) is 0.866. The van der Waals surface area contributed by atoms with E-state index in [-0.39, 0.29) is 11.7 Å². The predicted molar refractivity (Wildman–Crippen MR) is 116 cm³/mol. The molecule has 1 fully saturated rings. The van der Waals surface area contributed by atoms with Crippen LogP contribution in [0.1, 0.15) is 41.0 Å². The molecule has 0 bridgehead atoms. The average molecular weight is 458 g/mol. The largest absolute Gasteiger partial charge is 0.416 e. The summed E-state index contributed by atoms with van der Waals surface area (Å²) in [7, 11) is 0. The fourth-order valence-electron chi connectivity index (χ4n) is 3.98. The van der Waals surface area contributed by atoms with Crippen molar-refractivity contribution in [2.24, 2.45) is 5.92 Å². The Morgan fingerprint density at radius 1 is 1.06 bits per heavy atom. The van der Waals surface area contributed by atoms with Crippen LogP contribution in [0.5, 0.6) is 0 Å². The average Bonchev–Trinajstić information content (AvgIpc) is 3.31. The Balaban J connectivity index is 1.20. The first-order valence-corrected chi connectivity index (χ1v) is 10.9. The minimum absolute atomic E-state index is 0.000313.